The molecule has 34 heavy (non-hydrogen) atoms. The molecule has 0 fully saturated rings. The Hall–Kier alpha value is -3.06. The maximum atomic E-state index is 13.1. The van der Waals surface area contributed by atoms with Gasteiger partial charge in [-0.05, 0) is 66.4 Å². The van der Waals surface area contributed by atoms with Crippen molar-refractivity contribution in [3.05, 3.63) is 82.1 Å². The molecular weight excluding hydrogens is 499 g/mol. The molecule has 0 unspecified atom stereocenters. The lowest BCUT2D eigenvalue weighted by molar-refractivity contribution is -0.116. The van der Waals surface area contributed by atoms with E-state index in [0.29, 0.717) is 43.6 Å². The quantitative estimate of drug-likeness (QED) is 0.277. The standard InChI is InChI=1S/C27H30BrFN2O3/c1-4-33-25-13-20(24(28)15-26(25)34-17-19-8-10-21(29)11-9-19)16-30-22-6-5-7-23(14-22)31-27(32)12-18(2)3/h5-11,13-15,18,30H,4,12,16-17H2,1-3H3,(H,31,32). The van der Waals surface area contributed by atoms with Crippen molar-refractivity contribution in [3.63, 3.8) is 0 Å². The van der Waals surface area contributed by atoms with Crippen LogP contribution in [-0.2, 0) is 17.9 Å². The third kappa shape index (κ3) is 7.76. The van der Waals surface area contributed by atoms with Crippen molar-refractivity contribution in [3.8, 4) is 11.5 Å². The van der Waals surface area contributed by atoms with Crippen LogP contribution >= 0.6 is 15.9 Å². The fraction of sp³-hybridized carbons (Fsp3) is 0.296. The maximum absolute atomic E-state index is 13.1. The van der Waals surface area contributed by atoms with Crippen molar-refractivity contribution in [2.75, 3.05) is 17.2 Å². The summed E-state index contributed by atoms with van der Waals surface area (Å²) in [5.74, 6) is 1.28. The predicted octanol–water partition coefficient (Wildman–Crippen LogP) is 7.16. The lowest BCUT2D eigenvalue weighted by Crippen LogP contribution is -2.14. The molecule has 0 spiro atoms. The largest absolute Gasteiger partial charge is 0.490 e. The van der Waals surface area contributed by atoms with Gasteiger partial charge in [-0.1, -0.05) is 48.0 Å². The Morgan fingerprint density at radius 2 is 1.71 bits per heavy atom. The Kier molecular flexibility index (Phi) is 9.33. The first-order chi connectivity index (χ1) is 16.3. The zero-order chi connectivity index (χ0) is 24.5. The van der Waals surface area contributed by atoms with Gasteiger partial charge in [-0.2, -0.15) is 0 Å². The van der Waals surface area contributed by atoms with Crippen molar-refractivity contribution >= 4 is 33.2 Å². The van der Waals surface area contributed by atoms with Gasteiger partial charge in [-0.25, -0.2) is 4.39 Å². The number of hydrogen-bond donors (Lipinski definition) is 2. The van der Waals surface area contributed by atoms with E-state index in [-0.39, 0.29) is 11.7 Å². The molecule has 0 aliphatic heterocycles. The predicted molar refractivity (Wildman–Crippen MR) is 138 cm³/mol. The Morgan fingerprint density at radius 3 is 2.41 bits per heavy atom. The molecule has 3 aromatic rings. The molecule has 1 amide bonds. The fourth-order valence-corrected chi connectivity index (χ4v) is 3.79. The molecule has 3 aromatic carbocycles. The van der Waals surface area contributed by atoms with Crippen LogP contribution in [0.5, 0.6) is 11.5 Å². The molecule has 0 aromatic heterocycles. The normalized spacial score (nSPS) is 10.8. The number of anilines is 2. The van der Waals surface area contributed by atoms with Gasteiger partial charge in [0.1, 0.15) is 12.4 Å². The third-order valence-electron chi connectivity index (χ3n) is 4.94. The molecular formula is C27H30BrFN2O3. The summed E-state index contributed by atoms with van der Waals surface area (Å²) >= 11 is 3.63. The van der Waals surface area contributed by atoms with Crippen molar-refractivity contribution in [1.29, 1.82) is 0 Å². The van der Waals surface area contributed by atoms with Crippen LogP contribution in [0.1, 0.15) is 38.3 Å². The Bertz CT molecular complexity index is 1100. The number of hydrogen-bond acceptors (Lipinski definition) is 4. The van der Waals surface area contributed by atoms with Crippen LogP contribution in [0, 0.1) is 11.7 Å². The average Bonchev–Trinajstić information content (AvgIpc) is 2.79. The van der Waals surface area contributed by atoms with E-state index in [1.807, 2.05) is 57.2 Å². The summed E-state index contributed by atoms with van der Waals surface area (Å²) < 4.78 is 25.8. The van der Waals surface area contributed by atoms with Crippen LogP contribution in [0.15, 0.2) is 65.1 Å². The van der Waals surface area contributed by atoms with Crippen molar-refractivity contribution < 1.29 is 18.7 Å². The van der Waals surface area contributed by atoms with E-state index in [4.69, 9.17) is 9.47 Å². The molecule has 3 rings (SSSR count). The van der Waals surface area contributed by atoms with E-state index >= 15 is 0 Å². The van der Waals surface area contributed by atoms with Gasteiger partial charge in [-0.3, -0.25) is 4.79 Å². The first-order valence-corrected chi connectivity index (χ1v) is 12.1. The molecule has 180 valence electrons. The second-order valence-electron chi connectivity index (χ2n) is 8.32. The van der Waals surface area contributed by atoms with Crippen LogP contribution in [-0.4, -0.2) is 12.5 Å². The minimum Gasteiger partial charge on any atom is -0.490 e. The maximum Gasteiger partial charge on any atom is 0.224 e. The first-order valence-electron chi connectivity index (χ1n) is 11.3. The molecule has 5 nitrogen and oxygen atoms in total. The van der Waals surface area contributed by atoms with Gasteiger partial charge in [0.05, 0.1) is 6.61 Å². The molecule has 0 aliphatic carbocycles. The van der Waals surface area contributed by atoms with Gasteiger partial charge in [0.25, 0.3) is 0 Å². The van der Waals surface area contributed by atoms with Crippen molar-refractivity contribution in [1.82, 2.24) is 0 Å². The molecule has 0 atom stereocenters. The molecule has 0 saturated carbocycles. The summed E-state index contributed by atoms with van der Waals surface area (Å²) in [6.07, 6.45) is 0.486. The van der Waals surface area contributed by atoms with E-state index in [1.165, 1.54) is 12.1 Å². The average molecular weight is 529 g/mol. The Balaban J connectivity index is 1.67. The highest BCUT2D eigenvalue weighted by atomic mass is 79.9. The first kappa shape index (κ1) is 25.6. The van der Waals surface area contributed by atoms with Crippen LogP contribution in [0.3, 0.4) is 0 Å². The topological polar surface area (TPSA) is 59.6 Å². The highest BCUT2D eigenvalue weighted by molar-refractivity contribution is 9.10. The van der Waals surface area contributed by atoms with Gasteiger partial charge in [0.2, 0.25) is 5.91 Å². The molecule has 0 bridgehead atoms. The number of nitrogens with one attached hydrogen (secondary N) is 2. The van der Waals surface area contributed by atoms with Crippen molar-refractivity contribution in [2.24, 2.45) is 5.92 Å². The Labute approximate surface area is 208 Å². The fourth-order valence-electron chi connectivity index (χ4n) is 3.32. The second kappa shape index (κ2) is 12.4. The van der Waals surface area contributed by atoms with E-state index in [2.05, 4.69) is 26.6 Å². The number of carbonyl (C=O) groups excluding carboxylic acids is 1. The molecule has 2 N–H and O–H groups in total. The monoisotopic (exact) mass is 528 g/mol. The summed E-state index contributed by atoms with van der Waals surface area (Å²) in [6.45, 7) is 7.31. The summed E-state index contributed by atoms with van der Waals surface area (Å²) in [6, 6.07) is 17.7. The molecule has 0 radical (unpaired) electrons. The summed E-state index contributed by atoms with van der Waals surface area (Å²) in [5, 5.41) is 6.34. The van der Waals surface area contributed by atoms with Crippen LogP contribution in [0.2, 0.25) is 0 Å². The van der Waals surface area contributed by atoms with E-state index in [1.54, 1.807) is 12.1 Å². The summed E-state index contributed by atoms with van der Waals surface area (Å²) in [5.41, 5.74) is 3.51. The second-order valence-corrected chi connectivity index (χ2v) is 9.17. The van der Waals surface area contributed by atoms with Gasteiger partial charge in [0.15, 0.2) is 11.5 Å². The van der Waals surface area contributed by atoms with Gasteiger partial charge in [-0.15, -0.1) is 0 Å². The van der Waals surface area contributed by atoms with Crippen molar-refractivity contribution in [2.45, 2.75) is 40.3 Å². The van der Waals surface area contributed by atoms with Gasteiger partial charge in [0, 0.05) is 28.8 Å². The number of carbonyl (C=O) groups is 1. The lowest BCUT2D eigenvalue weighted by atomic mass is 10.1. The molecule has 0 saturated heterocycles. The SMILES string of the molecule is CCOc1cc(CNc2cccc(NC(=O)CC(C)C)c2)c(Br)cc1OCc1ccc(F)cc1. The summed E-state index contributed by atoms with van der Waals surface area (Å²) in [7, 11) is 0. The van der Waals surface area contributed by atoms with E-state index in [0.717, 1.165) is 27.0 Å². The van der Waals surface area contributed by atoms with E-state index in [9.17, 15) is 9.18 Å². The van der Waals surface area contributed by atoms with Crippen LogP contribution in [0.25, 0.3) is 0 Å². The van der Waals surface area contributed by atoms with Gasteiger partial charge >= 0.3 is 0 Å². The lowest BCUT2D eigenvalue weighted by Gasteiger charge is -2.16. The van der Waals surface area contributed by atoms with E-state index < -0.39 is 0 Å². The zero-order valence-electron chi connectivity index (χ0n) is 19.7. The molecule has 0 aliphatic rings. The number of benzene rings is 3. The minimum atomic E-state index is -0.276. The highest BCUT2D eigenvalue weighted by Gasteiger charge is 2.12. The highest BCUT2D eigenvalue weighted by Crippen LogP contribution is 2.35. The van der Waals surface area contributed by atoms with Gasteiger partial charge < -0.3 is 20.1 Å². The smallest absolute Gasteiger partial charge is 0.224 e. The van der Waals surface area contributed by atoms with Crippen LogP contribution < -0.4 is 20.1 Å². The number of halogens is 2. The molecule has 0 heterocycles. The Morgan fingerprint density at radius 1 is 1.00 bits per heavy atom. The molecule has 7 heteroatoms. The number of rotatable bonds is 11. The summed E-state index contributed by atoms with van der Waals surface area (Å²) in [4.78, 5) is 12.1. The van der Waals surface area contributed by atoms with Crippen LogP contribution in [0.4, 0.5) is 15.8 Å². The minimum absolute atomic E-state index is 0.00692. The number of ether oxygens (including phenoxy) is 2. The number of amides is 1. The third-order valence-corrected chi connectivity index (χ3v) is 5.68. The zero-order valence-corrected chi connectivity index (χ0v) is 21.2.